The van der Waals surface area contributed by atoms with Gasteiger partial charge in [-0.2, -0.15) is 0 Å². The third-order valence-corrected chi connectivity index (χ3v) is 24.0. The topological polar surface area (TPSA) is 18.5 Å². The molecule has 1 saturated heterocycles. The van der Waals surface area contributed by atoms with Gasteiger partial charge in [0.1, 0.15) is 0 Å². The van der Waals surface area contributed by atoms with E-state index >= 15 is 0 Å². The summed E-state index contributed by atoms with van der Waals surface area (Å²) in [5.41, 5.74) is 1.36. The van der Waals surface area contributed by atoms with Crippen molar-refractivity contribution in [3.63, 3.8) is 0 Å². The number of hydrogen-bond donors (Lipinski definition) is 0. The van der Waals surface area contributed by atoms with Gasteiger partial charge in [0.2, 0.25) is 0 Å². The van der Waals surface area contributed by atoms with Gasteiger partial charge in [0.25, 0.3) is 0 Å². The molecule has 1 aliphatic heterocycles. The normalized spacial score (nSPS) is 25.0. The van der Waals surface area contributed by atoms with E-state index in [-0.39, 0.29) is 0 Å². The van der Waals surface area contributed by atoms with Crippen molar-refractivity contribution in [1.29, 1.82) is 0 Å². The summed E-state index contributed by atoms with van der Waals surface area (Å²) in [5.74, 6) is 0. The van der Waals surface area contributed by atoms with Gasteiger partial charge in [0, 0.05) is 0 Å². The Morgan fingerprint density at radius 1 is 0.611 bits per heavy atom. The van der Waals surface area contributed by atoms with Crippen LogP contribution in [-0.4, -0.2) is 25.2 Å². The van der Waals surface area contributed by atoms with Crippen LogP contribution in [0.5, 0.6) is 0 Å². The van der Waals surface area contributed by atoms with Crippen molar-refractivity contribution in [3.05, 3.63) is 0 Å². The van der Waals surface area contributed by atoms with E-state index in [1.165, 1.54) is 29.8 Å². The molecule has 0 bridgehead atoms. The lowest BCUT2D eigenvalue weighted by Crippen LogP contribution is -2.66. The largest absolute Gasteiger partial charge is 0.436 e. The van der Waals surface area contributed by atoms with Gasteiger partial charge in [0.15, 0.2) is 16.6 Å². The molecular weight excluding hydrogens is 272 g/mol. The Hall–Kier alpha value is 0.571. The van der Waals surface area contributed by atoms with Crippen molar-refractivity contribution in [3.8, 4) is 0 Å². The van der Waals surface area contributed by atoms with E-state index in [0.29, 0.717) is 0 Å². The molecular formula is C13H32O2Si3. The van der Waals surface area contributed by atoms with Crippen molar-refractivity contribution in [2.75, 3.05) is 0 Å². The maximum absolute atomic E-state index is 6.81. The van der Waals surface area contributed by atoms with Crippen LogP contribution in [0.3, 0.4) is 0 Å². The number of hydrogen-bond acceptors (Lipinski definition) is 2. The zero-order valence-electron chi connectivity index (χ0n) is 13.3. The van der Waals surface area contributed by atoms with Gasteiger partial charge in [-0.05, 0) is 41.9 Å². The molecule has 2 nitrogen and oxygen atoms in total. The van der Waals surface area contributed by atoms with Gasteiger partial charge in [-0.3, -0.25) is 0 Å². The van der Waals surface area contributed by atoms with Gasteiger partial charge in [0.05, 0.1) is 0 Å². The van der Waals surface area contributed by atoms with E-state index in [4.69, 9.17) is 8.23 Å². The molecule has 1 heterocycles. The lowest BCUT2D eigenvalue weighted by molar-refractivity contribution is 0.342. The second-order valence-corrected chi connectivity index (χ2v) is 19.6. The predicted octanol–water partition coefficient (Wildman–Crippen LogP) is 5.03. The standard InChI is InChI=1S/C13H32O2Si3/c1-7-16(8-2)13-17(9-3,10-4)15-18(11-5,12-6)14-16/h7-13H2,1-6H3. The Morgan fingerprint density at radius 2 is 0.944 bits per heavy atom. The molecule has 1 fully saturated rings. The molecule has 108 valence electrons. The number of rotatable bonds is 6. The van der Waals surface area contributed by atoms with Gasteiger partial charge < -0.3 is 8.23 Å². The van der Waals surface area contributed by atoms with Gasteiger partial charge in [-0.1, -0.05) is 41.5 Å². The third kappa shape index (κ3) is 3.00. The lowest BCUT2D eigenvalue weighted by atomic mass is 10.9. The summed E-state index contributed by atoms with van der Waals surface area (Å²) in [5, 5.41) is 0. The molecule has 18 heavy (non-hydrogen) atoms. The molecule has 0 unspecified atom stereocenters. The Morgan fingerprint density at radius 3 is 1.17 bits per heavy atom. The van der Waals surface area contributed by atoms with Crippen LogP contribution in [-0.2, 0) is 8.23 Å². The molecule has 0 aromatic heterocycles. The summed E-state index contributed by atoms with van der Waals surface area (Å²) in [4.78, 5) is 0. The Labute approximate surface area is 117 Å². The zero-order valence-corrected chi connectivity index (χ0v) is 16.3. The first-order valence-corrected chi connectivity index (χ1v) is 15.2. The fourth-order valence-corrected chi connectivity index (χ4v) is 26.8. The quantitative estimate of drug-likeness (QED) is 0.641. The third-order valence-electron chi connectivity index (χ3n) is 5.10. The monoisotopic (exact) mass is 304 g/mol. The first kappa shape index (κ1) is 16.6. The van der Waals surface area contributed by atoms with E-state index in [1.807, 2.05) is 0 Å². The molecule has 0 amide bonds. The van der Waals surface area contributed by atoms with Crippen LogP contribution in [0.15, 0.2) is 0 Å². The van der Waals surface area contributed by atoms with Gasteiger partial charge >= 0.3 is 8.56 Å². The van der Waals surface area contributed by atoms with E-state index in [2.05, 4.69) is 41.5 Å². The van der Waals surface area contributed by atoms with E-state index < -0.39 is 25.2 Å². The van der Waals surface area contributed by atoms with Crippen molar-refractivity contribution in [2.24, 2.45) is 0 Å². The van der Waals surface area contributed by atoms with Crippen molar-refractivity contribution >= 4 is 25.2 Å². The predicted molar refractivity (Wildman–Crippen MR) is 87.1 cm³/mol. The van der Waals surface area contributed by atoms with Crippen molar-refractivity contribution in [2.45, 2.75) is 83.5 Å². The zero-order chi connectivity index (χ0) is 13.9. The molecule has 0 atom stereocenters. The van der Waals surface area contributed by atoms with E-state index in [0.717, 1.165) is 12.1 Å². The minimum Gasteiger partial charge on any atom is -0.436 e. The highest BCUT2D eigenvalue weighted by Crippen LogP contribution is 2.44. The van der Waals surface area contributed by atoms with Crippen molar-refractivity contribution < 1.29 is 8.23 Å². The summed E-state index contributed by atoms with van der Waals surface area (Å²) in [7, 11) is -4.84. The molecule has 0 aliphatic carbocycles. The van der Waals surface area contributed by atoms with Gasteiger partial charge in [-0.15, -0.1) is 0 Å². The summed E-state index contributed by atoms with van der Waals surface area (Å²) in [6.07, 6.45) is 0. The molecule has 0 radical (unpaired) electrons. The maximum Gasteiger partial charge on any atom is 0.317 e. The minimum absolute atomic E-state index is 1.15. The van der Waals surface area contributed by atoms with Gasteiger partial charge in [-0.25, -0.2) is 0 Å². The Balaban J connectivity index is 3.13. The van der Waals surface area contributed by atoms with Crippen LogP contribution < -0.4 is 0 Å². The Bertz CT molecular complexity index is 204. The van der Waals surface area contributed by atoms with Crippen molar-refractivity contribution in [1.82, 2.24) is 0 Å². The van der Waals surface area contributed by atoms with Crippen LogP contribution >= 0.6 is 0 Å². The summed E-state index contributed by atoms with van der Waals surface area (Å²) < 4.78 is 13.6. The lowest BCUT2D eigenvalue weighted by Gasteiger charge is -2.53. The van der Waals surface area contributed by atoms with E-state index in [9.17, 15) is 0 Å². The highest BCUT2D eigenvalue weighted by atomic mass is 28.5. The molecule has 1 rings (SSSR count). The summed E-state index contributed by atoms with van der Waals surface area (Å²) in [6.45, 7) is 14.0. The fraction of sp³-hybridized carbons (Fsp3) is 1.00. The molecule has 5 heteroatoms. The Kier molecular flexibility index (Phi) is 5.86. The van der Waals surface area contributed by atoms with Crippen LogP contribution in [0.1, 0.15) is 41.5 Å². The molecule has 0 spiro atoms. The maximum atomic E-state index is 6.81. The summed E-state index contributed by atoms with van der Waals surface area (Å²) in [6, 6.07) is 7.44. The average molecular weight is 305 g/mol. The fourth-order valence-electron chi connectivity index (χ4n) is 3.30. The average Bonchev–Trinajstić information content (AvgIpc) is 2.46. The van der Waals surface area contributed by atoms with Crippen LogP contribution in [0.4, 0.5) is 0 Å². The molecule has 1 aliphatic rings. The minimum atomic E-state index is -1.86. The second kappa shape index (κ2) is 6.35. The van der Waals surface area contributed by atoms with Crippen LogP contribution in [0.25, 0.3) is 0 Å². The molecule has 0 aromatic carbocycles. The SMILES string of the molecule is CC[Si]1(CC)C[Si](CC)(CC)O[Si](CC)(CC)O1. The molecule has 0 aromatic rings. The second-order valence-electron chi connectivity index (χ2n) is 5.78. The summed E-state index contributed by atoms with van der Waals surface area (Å²) >= 11 is 0. The van der Waals surface area contributed by atoms with E-state index in [1.54, 1.807) is 0 Å². The highest BCUT2D eigenvalue weighted by Gasteiger charge is 2.56. The molecule has 0 N–H and O–H groups in total. The first-order valence-electron chi connectivity index (χ1n) is 7.89. The van der Waals surface area contributed by atoms with Crippen LogP contribution in [0.2, 0.25) is 41.9 Å². The van der Waals surface area contributed by atoms with Crippen LogP contribution in [0, 0.1) is 0 Å². The smallest absolute Gasteiger partial charge is 0.317 e. The highest BCUT2D eigenvalue weighted by molar-refractivity contribution is 7.01. The first-order chi connectivity index (χ1) is 8.49. The molecule has 0 saturated carbocycles.